The molecule has 0 aliphatic carbocycles. The van der Waals surface area contributed by atoms with Gasteiger partial charge in [-0.1, -0.05) is 36.4 Å². The summed E-state index contributed by atoms with van der Waals surface area (Å²) < 4.78 is 5.25. The highest BCUT2D eigenvalue weighted by Crippen LogP contribution is 2.31. The number of hydrogen-bond acceptors (Lipinski definition) is 2. The molecule has 0 bridgehead atoms. The van der Waals surface area contributed by atoms with Crippen LogP contribution in [0.15, 0.2) is 60.7 Å². The first kappa shape index (κ1) is 17.0. The molecule has 0 atom stereocenters. The van der Waals surface area contributed by atoms with Gasteiger partial charge in [-0.2, -0.15) is 0 Å². The Balaban J connectivity index is 2.17. The Morgan fingerprint density at radius 3 is 2.28 bits per heavy atom. The summed E-state index contributed by atoms with van der Waals surface area (Å²) in [6, 6.07) is 20.1. The van der Waals surface area contributed by atoms with Crippen LogP contribution in [0.25, 0.3) is 21.9 Å². The summed E-state index contributed by atoms with van der Waals surface area (Å²) >= 11 is 0. The van der Waals surface area contributed by atoms with Gasteiger partial charge in [-0.25, -0.2) is 0 Å². The summed E-state index contributed by atoms with van der Waals surface area (Å²) in [6.45, 7) is 5.43. The first-order valence-corrected chi connectivity index (χ1v) is 8.64. The van der Waals surface area contributed by atoms with Crippen LogP contribution >= 0.6 is 0 Å². The van der Waals surface area contributed by atoms with Crippen LogP contribution in [0.4, 0.5) is 0 Å². The van der Waals surface area contributed by atoms with Gasteiger partial charge < -0.3 is 9.64 Å². The van der Waals surface area contributed by atoms with Crippen LogP contribution < -0.4 is 4.74 Å². The number of ether oxygens (including phenoxy) is 1. The lowest BCUT2D eigenvalue weighted by molar-refractivity contribution is 0.0773. The van der Waals surface area contributed by atoms with E-state index in [4.69, 9.17) is 4.74 Å². The molecule has 0 saturated carbocycles. The standard InChI is InChI=1S/C22H23NO2/c1-4-23(5-2)22(24)18-14-17-8-6-7-9-20(17)21(15-18)16-10-12-19(25-3)13-11-16/h6-15H,4-5H2,1-3H3. The fourth-order valence-corrected chi connectivity index (χ4v) is 3.14. The van der Waals surface area contributed by atoms with E-state index in [1.165, 1.54) is 0 Å². The summed E-state index contributed by atoms with van der Waals surface area (Å²) in [6.07, 6.45) is 0. The van der Waals surface area contributed by atoms with Gasteiger partial charge in [0.15, 0.2) is 0 Å². The maximum atomic E-state index is 12.8. The Hall–Kier alpha value is -2.81. The molecule has 3 aromatic carbocycles. The minimum atomic E-state index is 0.0746. The molecular weight excluding hydrogens is 310 g/mol. The summed E-state index contributed by atoms with van der Waals surface area (Å²) in [5, 5.41) is 2.22. The highest BCUT2D eigenvalue weighted by Gasteiger charge is 2.15. The van der Waals surface area contributed by atoms with Crippen molar-refractivity contribution in [1.29, 1.82) is 0 Å². The van der Waals surface area contributed by atoms with Crippen molar-refractivity contribution in [2.75, 3.05) is 20.2 Å². The molecule has 3 nitrogen and oxygen atoms in total. The molecule has 0 spiro atoms. The van der Waals surface area contributed by atoms with Crippen molar-refractivity contribution in [3.05, 3.63) is 66.2 Å². The summed E-state index contributed by atoms with van der Waals surface area (Å²) in [5.74, 6) is 0.897. The van der Waals surface area contributed by atoms with Crippen LogP contribution in [0.5, 0.6) is 5.75 Å². The second kappa shape index (κ2) is 7.39. The lowest BCUT2D eigenvalue weighted by Gasteiger charge is -2.20. The third-order valence-electron chi connectivity index (χ3n) is 4.56. The van der Waals surface area contributed by atoms with Gasteiger partial charge in [-0.3, -0.25) is 4.79 Å². The van der Waals surface area contributed by atoms with Gasteiger partial charge in [0.2, 0.25) is 0 Å². The van der Waals surface area contributed by atoms with E-state index in [1.807, 2.05) is 67.3 Å². The fraction of sp³-hybridized carbons (Fsp3) is 0.227. The Bertz CT molecular complexity index is 880. The average Bonchev–Trinajstić information content (AvgIpc) is 2.68. The largest absolute Gasteiger partial charge is 0.497 e. The van der Waals surface area contributed by atoms with E-state index >= 15 is 0 Å². The highest BCUT2D eigenvalue weighted by atomic mass is 16.5. The number of carbonyl (C=O) groups is 1. The van der Waals surface area contributed by atoms with E-state index in [2.05, 4.69) is 12.1 Å². The van der Waals surface area contributed by atoms with Gasteiger partial charge in [0.05, 0.1) is 7.11 Å². The van der Waals surface area contributed by atoms with Gasteiger partial charge in [0, 0.05) is 18.7 Å². The average molecular weight is 333 g/mol. The molecule has 0 fully saturated rings. The molecule has 128 valence electrons. The summed E-state index contributed by atoms with van der Waals surface area (Å²) in [5.41, 5.74) is 2.87. The Morgan fingerprint density at radius 2 is 1.64 bits per heavy atom. The number of fused-ring (bicyclic) bond motifs is 1. The molecule has 3 heteroatoms. The van der Waals surface area contributed by atoms with Crippen molar-refractivity contribution in [2.45, 2.75) is 13.8 Å². The predicted octanol–water partition coefficient (Wildman–Crippen LogP) is 5.00. The van der Waals surface area contributed by atoms with Crippen molar-refractivity contribution in [3.63, 3.8) is 0 Å². The Kier molecular flexibility index (Phi) is 5.03. The number of carbonyl (C=O) groups excluding carboxylic acids is 1. The van der Waals surface area contributed by atoms with E-state index in [1.54, 1.807) is 7.11 Å². The van der Waals surface area contributed by atoms with E-state index in [0.717, 1.165) is 33.2 Å². The van der Waals surface area contributed by atoms with Crippen LogP contribution in [0.3, 0.4) is 0 Å². The topological polar surface area (TPSA) is 29.5 Å². The first-order valence-electron chi connectivity index (χ1n) is 8.64. The SMILES string of the molecule is CCN(CC)C(=O)c1cc(-c2ccc(OC)cc2)c2ccccc2c1. The van der Waals surface area contributed by atoms with Crippen molar-refractivity contribution in [2.24, 2.45) is 0 Å². The zero-order chi connectivity index (χ0) is 17.8. The summed E-state index contributed by atoms with van der Waals surface area (Å²) in [7, 11) is 1.66. The van der Waals surface area contributed by atoms with E-state index in [9.17, 15) is 4.79 Å². The molecule has 3 aromatic rings. The molecule has 0 radical (unpaired) electrons. The van der Waals surface area contributed by atoms with Gasteiger partial charge in [-0.15, -0.1) is 0 Å². The van der Waals surface area contributed by atoms with Crippen molar-refractivity contribution >= 4 is 16.7 Å². The number of rotatable bonds is 5. The number of hydrogen-bond donors (Lipinski definition) is 0. The van der Waals surface area contributed by atoms with Crippen molar-refractivity contribution in [1.82, 2.24) is 4.90 Å². The third-order valence-corrected chi connectivity index (χ3v) is 4.56. The Labute approximate surface area is 148 Å². The molecule has 3 rings (SSSR count). The minimum absolute atomic E-state index is 0.0746. The number of amides is 1. The van der Waals surface area contributed by atoms with Crippen molar-refractivity contribution in [3.8, 4) is 16.9 Å². The predicted molar refractivity (Wildman–Crippen MR) is 103 cm³/mol. The van der Waals surface area contributed by atoms with Crippen LogP contribution in [0.1, 0.15) is 24.2 Å². The summed E-state index contributed by atoms with van der Waals surface area (Å²) in [4.78, 5) is 14.7. The van der Waals surface area contributed by atoms with E-state index < -0.39 is 0 Å². The maximum absolute atomic E-state index is 12.8. The molecule has 0 aliphatic heterocycles. The third kappa shape index (κ3) is 3.36. The molecular formula is C22H23NO2. The zero-order valence-corrected chi connectivity index (χ0v) is 15.0. The van der Waals surface area contributed by atoms with Gasteiger partial charge >= 0.3 is 0 Å². The number of methoxy groups -OCH3 is 1. The quantitative estimate of drug-likeness (QED) is 0.658. The smallest absolute Gasteiger partial charge is 0.253 e. The van der Waals surface area contributed by atoms with Crippen LogP contribution in [0.2, 0.25) is 0 Å². The van der Waals surface area contributed by atoms with Crippen LogP contribution in [-0.2, 0) is 0 Å². The molecule has 0 aliphatic rings. The molecule has 0 unspecified atom stereocenters. The van der Waals surface area contributed by atoms with Crippen LogP contribution in [-0.4, -0.2) is 31.0 Å². The number of benzene rings is 3. The second-order valence-corrected chi connectivity index (χ2v) is 5.95. The number of nitrogens with zero attached hydrogens (tertiary/aromatic N) is 1. The van der Waals surface area contributed by atoms with E-state index in [-0.39, 0.29) is 5.91 Å². The molecule has 0 saturated heterocycles. The fourth-order valence-electron chi connectivity index (χ4n) is 3.14. The lowest BCUT2D eigenvalue weighted by Crippen LogP contribution is -2.30. The Morgan fingerprint density at radius 1 is 0.960 bits per heavy atom. The van der Waals surface area contributed by atoms with E-state index in [0.29, 0.717) is 13.1 Å². The van der Waals surface area contributed by atoms with Gasteiger partial charge in [0.1, 0.15) is 5.75 Å². The van der Waals surface area contributed by atoms with Crippen LogP contribution in [0, 0.1) is 0 Å². The lowest BCUT2D eigenvalue weighted by atomic mass is 9.95. The normalized spacial score (nSPS) is 10.7. The second-order valence-electron chi connectivity index (χ2n) is 5.95. The molecule has 0 N–H and O–H groups in total. The van der Waals surface area contributed by atoms with Crippen molar-refractivity contribution < 1.29 is 9.53 Å². The molecule has 0 aromatic heterocycles. The molecule has 1 amide bonds. The highest BCUT2D eigenvalue weighted by molar-refractivity contribution is 6.04. The van der Waals surface area contributed by atoms with Gasteiger partial charge in [-0.05, 0) is 60.0 Å². The maximum Gasteiger partial charge on any atom is 0.253 e. The first-order chi connectivity index (χ1) is 12.2. The zero-order valence-electron chi connectivity index (χ0n) is 15.0. The monoisotopic (exact) mass is 333 g/mol. The minimum Gasteiger partial charge on any atom is -0.497 e. The molecule has 25 heavy (non-hydrogen) atoms. The molecule has 0 heterocycles. The van der Waals surface area contributed by atoms with Gasteiger partial charge in [0.25, 0.3) is 5.91 Å².